The van der Waals surface area contributed by atoms with Gasteiger partial charge in [-0.1, -0.05) is 58.4 Å². The van der Waals surface area contributed by atoms with Crippen molar-refractivity contribution in [2.45, 2.75) is 18.9 Å². The van der Waals surface area contributed by atoms with Crippen molar-refractivity contribution in [1.29, 1.82) is 0 Å². The zero-order chi connectivity index (χ0) is 25.2. The van der Waals surface area contributed by atoms with Gasteiger partial charge in [0.2, 0.25) is 0 Å². The molecule has 182 valence electrons. The van der Waals surface area contributed by atoms with Crippen molar-refractivity contribution >= 4 is 38.5 Å². The number of hydrogen-bond acceptors (Lipinski definition) is 4. The molecule has 0 unspecified atom stereocenters. The van der Waals surface area contributed by atoms with E-state index in [1.165, 1.54) is 0 Å². The number of nitrogens with zero attached hydrogens (tertiary/aromatic N) is 1. The molecule has 0 aliphatic carbocycles. The summed E-state index contributed by atoms with van der Waals surface area (Å²) >= 11 is 3.50. The zero-order valence-corrected chi connectivity index (χ0v) is 21.3. The number of carbonyl (C=O) groups is 2. The molecule has 3 aromatic carbocycles. The van der Waals surface area contributed by atoms with E-state index in [2.05, 4.69) is 20.9 Å². The molecular formula is C29H25BrN2O4. The quantitative estimate of drug-likeness (QED) is 0.298. The predicted molar refractivity (Wildman–Crippen MR) is 142 cm³/mol. The Hall–Kier alpha value is -3.84. The number of carbonyl (C=O) groups excluding carboxylic acids is 2. The lowest BCUT2D eigenvalue weighted by Crippen LogP contribution is -2.33. The van der Waals surface area contributed by atoms with Crippen LogP contribution in [0.4, 0.5) is 0 Å². The van der Waals surface area contributed by atoms with Gasteiger partial charge in [-0.3, -0.25) is 9.59 Å². The number of ether oxygens (including phenoxy) is 1. The number of amides is 1. The van der Waals surface area contributed by atoms with Gasteiger partial charge in [0.05, 0.1) is 18.7 Å². The second-order valence-corrected chi connectivity index (χ2v) is 9.70. The van der Waals surface area contributed by atoms with Crippen LogP contribution < -0.4 is 4.74 Å². The van der Waals surface area contributed by atoms with Crippen LogP contribution in [0.25, 0.3) is 10.9 Å². The Labute approximate surface area is 217 Å². The number of aromatic nitrogens is 1. The molecular weight excluding hydrogens is 520 g/mol. The van der Waals surface area contributed by atoms with E-state index < -0.39 is 17.7 Å². The molecule has 1 atom stereocenters. The molecule has 0 saturated carbocycles. The van der Waals surface area contributed by atoms with Gasteiger partial charge in [-0.15, -0.1) is 0 Å². The van der Waals surface area contributed by atoms with E-state index in [-0.39, 0.29) is 17.8 Å². The van der Waals surface area contributed by atoms with E-state index in [0.717, 1.165) is 37.8 Å². The number of aliphatic hydroxyl groups is 1. The van der Waals surface area contributed by atoms with Crippen LogP contribution in [0, 0.1) is 0 Å². The zero-order valence-electron chi connectivity index (χ0n) is 19.7. The van der Waals surface area contributed by atoms with E-state index in [0.29, 0.717) is 13.0 Å². The normalized spacial score (nSPS) is 15.7. The highest BCUT2D eigenvalue weighted by Crippen LogP contribution is 2.39. The molecule has 0 radical (unpaired) electrons. The van der Waals surface area contributed by atoms with Gasteiger partial charge in [-0.2, -0.15) is 0 Å². The van der Waals surface area contributed by atoms with Gasteiger partial charge in [-0.05, 0) is 53.4 Å². The molecule has 0 bridgehead atoms. The summed E-state index contributed by atoms with van der Waals surface area (Å²) in [5, 5.41) is 11.9. The van der Waals surface area contributed by atoms with Crippen LogP contribution in [-0.4, -0.2) is 40.3 Å². The molecule has 1 aromatic heterocycles. The maximum atomic E-state index is 13.4. The molecule has 5 rings (SSSR count). The fraction of sp³-hybridized carbons (Fsp3) is 0.172. The Morgan fingerprint density at radius 1 is 1.08 bits per heavy atom. The van der Waals surface area contributed by atoms with Crippen molar-refractivity contribution < 1.29 is 19.4 Å². The number of fused-ring (bicyclic) bond motifs is 1. The summed E-state index contributed by atoms with van der Waals surface area (Å²) in [7, 11) is 1.63. The fourth-order valence-electron chi connectivity index (χ4n) is 4.80. The molecule has 2 N–H and O–H groups in total. The highest BCUT2D eigenvalue weighted by Gasteiger charge is 2.43. The first-order valence-electron chi connectivity index (χ1n) is 11.7. The first-order valence-corrected chi connectivity index (χ1v) is 12.5. The van der Waals surface area contributed by atoms with Crippen molar-refractivity contribution in [2.75, 3.05) is 13.7 Å². The van der Waals surface area contributed by atoms with Crippen LogP contribution in [0.1, 0.15) is 22.7 Å². The molecule has 1 amide bonds. The second-order valence-electron chi connectivity index (χ2n) is 8.78. The predicted octanol–water partition coefficient (Wildman–Crippen LogP) is 5.69. The highest BCUT2D eigenvalue weighted by atomic mass is 79.9. The van der Waals surface area contributed by atoms with Gasteiger partial charge in [0.15, 0.2) is 11.5 Å². The number of methoxy groups -OCH3 is 1. The van der Waals surface area contributed by atoms with Gasteiger partial charge >= 0.3 is 0 Å². The van der Waals surface area contributed by atoms with Crippen molar-refractivity contribution in [3.05, 3.63) is 111 Å². The average molecular weight is 545 g/mol. The van der Waals surface area contributed by atoms with Gasteiger partial charge in [0.1, 0.15) is 5.75 Å². The van der Waals surface area contributed by atoms with E-state index in [1.54, 1.807) is 12.0 Å². The lowest BCUT2D eigenvalue weighted by molar-refractivity contribution is -0.129. The van der Waals surface area contributed by atoms with Crippen molar-refractivity contribution in [1.82, 2.24) is 9.88 Å². The third kappa shape index (κ3) is 4.54. The van der Waals surface area contributed by atoms with Crippen molar-refractivity contribution in [3.63, 3.8) is 0 Å². The number of aliphatic hydroxyl groups excluding tert-OH is 1. The minimum atomic E-state index is -0.675. The standard InChI is InChI=1S/C29H25BrN2O4/c1-36-22-10-11-24-23(16-22)20(17-31-24)12-13-32-27(19-8-5-9-21(30)15-19)26(28(34)29(32)35)25(33)14-18-6-3-2-4-7-18/h2-11,15-17,27,31,34H,12-14H2,1H3/t27-/m0/s1. The third-order valence-corrected chi connectivity index (χ3v) is 7.07. The summed E-state index contributed by atoms with van der Waals surface area (Å²) in [5.74, 6) is -0.521. The SMILES string of the molecule is COc1ccc2[nH]cc(CCN3C(=O)C(O)=C(C(=O)Cc4ccccc4)[C@@H]3c3cccc(Br)c3)c2c1. The smallest absolute Gasteiger partial charge is 0.290 e. The lowest BCUT2D eigenvalue weighted by Gasteiger charge is -2.27. The number of rotatable bonds is 8. The maximum Gasteiger partial charge on any atom is 0.290 e. The van der Waals surface area contributed by atoms with Gasteiger partial charge in [-0.25, -0.2) is 0 Å². The molecule has 6 nitrogen and oxygen atoms in total. The van der Waals surface area contributed by atoms with Crippen LogP contribution in [0.15, 0.2) is 94.8 Å². The molecule has 0 saturated heterocycles. The number of benzene rings is 3. The minimum Gasteiger partial charge on any atom is -0.503 e. The summed E-state index contributed by atoms with van der Waals surface area (Å²) in [4.78, 5) is 31.6. The average Bonchev–Trinajstić information content (AvgIpc) is 3.40. The van der Waals surface area contributed by atoms with Crippen LogP contribution >= 0.6 is 15.9 Å². The van der Waals surface area contributed by atoms with E-state index >= 15 is 0 Å². The van der Waals surface area contributed by atoms with Gasteiger partial charge in [0.25, 0.3) is 5.91 Å². The van der Waals surface area contributed by atoms with Crippen molar-refractivity contribution in [3.8, 4) is 5.75 Å². The number of nitrogens with one attached hydrogen (secondary N) is 1. The van der Waals surface area contributed by atoms with Crippen LogP contribution in [-0.2, 0) is 22.4 Å². The van der Waals surface area contributed by atoms with E-state index in [1.807, 2.05) is 79.0 Å². The maximum absolute atomic E-state index is 13.4. The number of ketones is 1. The summed E-state index contributed by atoms with van der Waals surface area (Å²) < 4.78 is 6.20. The Kier molecular flexibility index (Phi) is 6.65. The molecule has 7 heteroatoms. The van der Waals surface area contributed by atoms with Crippen molar-refractivity contribution in [2.24, 2.45) is 0 Å². The summed E-state index contributed by atoms with van der Waals surface area (Å²) in [5.41, 5.74) is 3.73. The molecule has 0 fully saturated rings. The molecule has 1 aliphatic rings. The minimum absolute atomic E-state index is 0.105. The van der Waals surface area contributed by atoms with E-state index in [4.69, 9.17) is 4.74 Å². The Morgan fingerprint density at radius 3 is 2.64 bits per heavy atom. The fourth-order valence-corrected chi connectivity index (χ4v) is 5.22. The highest BCUT2D eigenvalue weighted by molar-refractivity contribution is 9.10. The molecule has 4 aromatic rings. The molecule has 1 aliphatic heterocycles. The number of Topliss-reactive ketones (excluding diaryl/α,β-unsaturated/α-hetero) is 1. The first kappa shape index (κ1) is 23.9. The Morgan fingerprint density at radius 2 is 1.89 bits per heavy atom. The number of halogens is 1. The third-order valence-electron chi connectivity index (χ3n) is 6.57. The topological polar surface area (TPSA) is 82.6 Å². The van der Waals surface area contributed by atoms with Gasteiger partial charge in [0, 0.05) is 34.5 Å². The monoisotopic (exact) mass is 544 g/mol. The Balaban J connectivity index is 1.47. The number of hydrogen-bond donors (Lipinski definition) is 2. The molecule has 0 spiro atoms. The summed E-state index contributed by atoms with van der Waals surface area (Å²) in [6.45, 7) is 0.326. The Bertz CT molecular complexity index is 1480. The molecule has 2 heterocycles. The van der Waals surface area contributed by atoms with E-state index in [9.17, 15) is 14.7 Å². The largest absolute Gasteiger partial charge is 0.503 e. The lowest BCUT2D eigenvalue weighted by atomic mass is 9.93. The second kappa shape index (κ2) is 10.0. The molecule has 36 heavy (non-hydrogen) atoms. The number of aromatic amines is 1. The number of H-pyrrole nitrogens is 1. The van der Waals surface area contributed by atoms with Gasteiger partial charge < -0.3 is 19.7 Å². The van der Waals surface area contributed by atoms with Crippen LogP contribution in [0.2, 0.25) is 0 Å². The van der Waals surface area contributed by atoms with Crippen LogP contribution in [0.5, 0.6) is 5.75 Å². The summed E-state index contributed by atoms with van der Waals surface area (Å²) in [6.07, 6.45) is 2.57. The first-order chi connectivity index (χ1) is 17.5. The summed E-state index contributed by atoms with van der Waals surface area (Å²) in [6, 6.07) is 22.0. The van der Waals surface area contributed by atoms with Crippen LogP contribution in [0.3, 0.4) is 0 Å².